The lowest BCUT2D eigenvalue weighted by Gasteiger charge is -2.22. The highest BCUT2D eigenvalue weighted by Crippen LogP contribution is 2.25. The monoisotopic (exact) mass is 383 g/mol. The van der Waals surface area contributed by atoms with E-state index in [0.717, 1.165) is 11.3 Å². The number of hydrogen-bond acceptors (Lipinski definition) is 4. The first kappa shape index (κ1) is 20.6. The fraction of sp³-hybridized carbons (Fsp3) is 0.500. The zero-order valence-corrected chi connectivity index (χ0v) is 15.4. The number of nitrogens with zero attached hydrogens (tertiary/aromatic N) is 1. The molecular weight excluding hydrogens is 360 g/mol. The maximum atomic E-state index is 12.6. The summed E-state index contributed by atoms with van der Waals surface area (Å²) in [7, 11) is 0. The molecule has 1 aromatic rings. The van der Waals surface area contributed by atoms with Gasteiger partial charge in [-0.25, -0.2) is 4.79 Å². The Bertz CT molecular complexity index is 709. The van der Waals surface area contributed by atoms with Crippen LogP contribution in [0, 0.1) is 5.92 Å². The molecule has 1 aliphatic rings. The molecule has 0 aliphatic carbocycles. The van der Waals surface area contributed by atoms with Gasteiger partial charge in [0.25, 0.3) is 5.91 Å². The third-order valence-electron chi connectivity index (χ3n) is 4.23. The summed E-state index contributed by atoms with van der Waals surface area (Å²) in [4.78, 5) is 37.7. The van der Waals surface area contributed by atoms with Gasteiger partial charge in [-0.05, 0) is 49.9 Å². The molecular formula is C18H23F2N3O4. The summed E-state index contributed by atoms with van der Waals surface area (Å²) in [6.45, 7) is 2.32. The number of alkyl halides is 2. The molecule has 2 N–H and O–H groups in total. The number of amides is 4. The van der Waals surface area contributed by atoms with Crippen molar-refractivity contribution in [2.75, 3.05) is 11.9 Å². The van der Waals surface area contributed by atoms with E-state index in [9.17, 15) is 23.2 Å². The van der Waals surface area contributed by atoms with Crippen molar-refractivity contribution in [3.63, 3.8) is 0 Å². The van der Waals surface area contributed by atoms with Crippen LogP contribution in [0.1, 0.15) is 33.6 Å². The summed E-state index contributed by atoms with van der Waals surface area (Å²) >= 11 is 0. The Labute approximate surface area is 156 Å². The van der Waals surface area contributed by atoms with Gasteiger partial charge in [-0.3, -0.25) is 14.5 Å². The predicted octanol–water partition coefficient (Wildman–Crippen LogP) is 2.97. The van der Waals surface area contributed by atoms with Crippen molar-refractivity contribution in [1.82, 2.24) is 10.2 Å². The van der Waals surface area contributed by atoms with Crippen LogP contribution >= 0.6 is 0 Å². The molecule has 0 saturated carbocycles. The number of carbonyl (C=O) groups excluding carboxylic acids is 3. The molecule has 27 heavy (non-hydrogen) atoms. The van der Waals surface area contributed by atoms with Crippen LogP contribution in [0.4, 0.5) is 19.3 Å². The van der Waals surface area contributed by atoms with Gasteiger partial charge in [0.05, 0.1) is 0 Å². The van der Waals surface area contributed by atoms with E-state index in [1.54, 1.807) is 6.92 Å². The zero-order chi connectivity index (χ0) is 20.2. The molecule has 2 rings (SSSR count). The Morgan fingerprint density at radius 2 is 1.89 bits per heavy atom. The predicted molar refractivity (Wildman–Crippen MR) is 94.4 cm³/mol. The maximum absolute atomic E-state index is 12.6. The molecule has 148 valence electrons. The third-order valence-corrected chi connectivity index (χ3v) is 4.23. The van der Waals surface area contributed by atoms with Crippen molar-refractivity contribution in [3.8, 4) is 5.75 Å². The number of benzene rings is 1. The lowest BCUT2D eigenvalue weighted by Crippen LogP contribution is -2.44. The Balaban J connectivity index is 1.95. The minimum Gasteiger partial charge on any atom is -0.435 e. The van der Waals surface area contributed by atoms with Crippen LogP contribution in [0.2, 0.25) is 0 Å². The van der Waals surface area contributed by atoms with E-state index in [1.807, 2.05) is 13.8 Å². The van der Waals surface area contributed by atoms with E-state index < -0.39 is 36.5 Å². The van der Waals surface area contributed by atoms with Crippen molar-refractivity contribution >= 4 is 23.5 Å². The van der Waals surface area contributed by atoms with Crippen LogP contribution in [0.3, 0.4) is 0 Å². The first-order chi connectivity index (χ1) is 12.6. The van der Waals surface area contributed by atoms with Gasteiger partial charge in [-0.1, -0.05) is 13.8 Å². The van der Waals surface area contributed by atoms with Gasteiger partial charge < -0.3 is 15.4 Å². The summed E-state index contributed by atoms with van der Waals surface area (Å²) in [5.41, 5.74) is -0.688. The Hall–Kier alpha value is -2.71. The van der Waals surface area contributed by atoms with Crippen LogP contribution in [0.25, 0.3) is 0 Å². The van der Waals surface area contributed by atoms with Crippen molar-refractivity contribution in [3.05, 3.63) is 24.3 Å². The van der Waals surface area contributed by atoms with E-state index in [2.05, 4.69) is 15.4 Å². The number of nitrogens with one attached hydrogen (secondary N) is 2. The summed E-state index contributed by atoms with van der Waals surface area (Å²) in [6, 6.07) is 4.71. The van der Waals surface area contributed by atoms with Crippen molar-refractivity contribution in [1.29, 1.82) is 0 Å². The first-order valence-electron chi connectivity index (χ1n) is 8.59. The number of rotatable bonds is 8. The average molecular weight is 383 g/mol. The second-order valence-electron chi connectivity index (χ2n) is 7.04. The van der Waals surface area contributed by atoms with Gasteiger partial charge in [0.1, 0.15) is 17.8 Å². The number of urea groups is 1. The minimum absolute atomic E-state index is 0.0435. The number of ether oxygens (including phenoxy) is 1. The number of anilines is 1. The van der Waals surface area contributed by atoms with E-state index in [0.29, 0.717) is 18.0 Å². The standard InChI is InChI=1S/C18H23F2N3O4/c1-11(2)8-9-18(3)15(25)23(17(26)22-18)10-14(24)21-12-4-6-13(7-5-12)27-16(19)20/h4-7,11,16H,8-10H2,1-3H3,(H,21,24)(H,22,26). The Morgan fingerprint density at radius 1 is 1.26 bits per heavy atom. The Kier molecular flexibility index (Phi) is 6.35. The van der Waals surface area contributed by atoms with Gasteiger partial charge in [0.2, 0.25) is 5.91 Å². The second kappa shape index (κ2) is 8.32. The Morgan fingerprint density at radius 3 is 2.44 bits per heavy atom. The topological polar surface area (TPSA) is 87.7 Å². The van der Waals surface area contributed by atoms with E-state index >= 15 is 0 Å². The number of halogens is 2. The quantitative estimate of drug-likeness (QED) is 0.676. The van der Waals surface area contributed by atoms with E-state index in [4.69, 9.17) is 0 Å². The van der Waals surface area contributed by atoms with Crippen LogP contribution in [0.15, 0.2) is 24.3 Å². The summed E-state index contributed by atoms with van der Waals surface area (Å²) in [6.07, 6.45) is 1.24. The van der Waals surface area contributed by atoms with Crippen LogP contribution in [-0.2, 0) is 9.59 Å². The van der Waals surface area contributed by atoms with E-state index in [-0.39, 0.29) is 5.75 Å². The molecule has 0 radical (unpaired) electrons. The van der Waals surface area contributed by atoms with E-state index in [1.165, 1.54) is 24.3 Å². The van der Waals surface area contributed by atoms with Gasteiger partial charge in [-0.15, -0.1) is 0 Å². The van der Waals surface area contributed by atoms with Crippen molar-refractivity contribution < 1.29 is 27.9 Å². The molecule has 0 bridgehead atoms. The molecule has 0 spiro atoms. The number of carbonyl (C=O) groups is 3. The molecule has 9 heteroatoms. The van der Waals surface area contributed by atoms with Crippen LogP contribution in [0.5, 0.6) is 5.75 Å². The number of hydrogen-bond donors (Lipinski definition) is 2. The van der Waals surface area contributed by atoms with Gasteiger partial charge in [-0.2, -0.15) is 8.78 Å². The average Bonchev–Trinajstić information content (AvgIpc) is 2.78. The van der Waals surface area contributed by atoms with Gasteiger partial charge in [0.15, 0.2) is 0 Å². The van der Waals surface area contributed by atoms with Crippen molar-refractivity contribution in [2.45, 2.75) is 45.8 Å². The first-order valence-corrected chi connectivity index (χ1v) is 8.59. The molecule has 1 saturated heterocycles. The molecule has 1 heterocycles. The largest absolute Gasteiger partial charge is 0.435 e. The second-order valence-corrected chi connectivity index (χ2v) is 7.04. The lowest BCUT2D eigenvalue weighted by molar-refractivity contribution is -0.133. The lowest BCUT2D eigenvalue weighted by atomic mass is 9.92. The van der Waals surface area contributed by atoms with Gasteiger partial charge >= 0.3 is 12.6 Å². The molecule has 4 amide bonds. The maximum Gasteiger partial charge on any atom is 0.387 e. The minimum atomic E-state index is -2.94. The smallest absolute Gasteiger partial charge is 0.387 e. The van der Waals surface area contributed by atoms with Crippen LogP contribution in [-0.4, -0.2) is 41.4 Å². The molecule has 1 fully saturated rings. The normalized spacial score (nSPS) is 19.6. The fourth-order valence-electron chi connectivity index (χ4n) is 2.70. The number of imide groups is 1. The zero-order valence-electron chi connectivity index (χ0n) is 15.4. The van der Waals surface area contributed by atoms with Crippen LogP contribution < -0.4 is 15.4 Å². The highest BCUT2D eigenvalue weighted by molar-refractivity contribution is 6.09. The summed E-state index contributed by atoms with van der Waals surface area (Å²) < 4.78 is 28.5. The van der Waals surface area contributed by atoms with Crippen molar-refractivity contribution in [2.24, 2.45) is 5.92 Å². The summed E-state index contributed by atoms with van der Waals surface area (Å²) in [5.74, 6) is -0.683. The summed E-state index contributed by atoms with van der Waals surface area (Å²) in [5, 5.41) is 5.16. The third kappa shape index (κ3) is 5.38. The molecule has 1 unspecified atom stereocenters. The SMILES string of the molecule is CC(C)CCC1(C)NC(=O)N(CC(=O)Nc2ccc(OC(F)F)cc2)C1=O. The molecule has 7 nitrogen and oxygen atoms in total. The molecule has 0 aromatic heterocycles. The molecule has 1 aliphatic heterocycles. The molecule has 1 aromatic carbocycles. The fourth-order valence-corrected chi connectivity index (χ4v) is 2.70. The highest BCUT2D eigenvalue weighted by atomic mass is 19.3. The van der Waals surface area contributed by atoms with Gasteiger partial charge in [0, 0.05) is 5.69 Å². The molecule has 1 atom stereocenters. The highest BCUT2D eigenvalue weighted by Gasteiger charge is 2.47.